The Bertz CT molecular complexity index is 1070. The molecule has 9 heteroatoms. The van der Waals surface area contributed by atoms with Gasteiger partial charge in [0, 0.05) is 26.2 Å². The van der Waals surface area contributed by atoms with Gasteiger partial charge in [-0.15, -0.1) is 0 Å². The van der Waals surface area contributed by atoms with Gasteiger partial charge >= 0.3 is 5.97 Å². The number of fused-ring (bicyclic) bond motifs is 1. The summed E-state index contributed by atoms with van der Waals surface area (Å²) in [5, 5.41) is -0.295. The molecule has 1 aliphatic carbocycles. The second kappa shape index (κ2) is 8.84. The molecule has 1 aromatic carbocycles. The Morgan fingerprint density at radius 1 is 1.10 bits per heavy atom. The zero-order valence-corrected chi connectivity index (χ0v) is 18.3. The standard InChI is InChI=1S/C22H26N2O6S/c1-2-29-22(26)19-10-11-20(30-19)31(27,28)24-14-12-23(13-15-24)21(25)18-9-5-7-16-6-3-4-8-17(16)18/h3-4,6,8,10-11,18H,2,5,7,9,12-15H2,1H3. The van der Waals surface area contributed by atoms with E-state index in [2.05, 4.69) is 6.07 Å². The first kappa shape index (κ1) is 21.6. The third kappa shape index (κ3) is 4.24. The Morgan fingerprint density at radius 3 is 2.58 bits per heavy atom. The summed E-state index contributed by atoms with van der Waals surface area (Å²) < 4.78 is 37.2. The van der Waals surface area contributed by atoms with Crippen LogP contribution >= 0.6 is 0 Å². The number of nitrogens with zero attached hydrogens (tertiary/aromatic N) is 2. The molecule has 1 saturated heterocycles. The average Bonchev–Trinajstić information content (AvgIpc) is 3.30. The minimum absolute atomic E-state index is 0.0618. The Balaban J connectivity index is 1.42. The van der Waals surface area contributed by atoms with Gasteiger partial charge in [-0.3, -0.25) is 4.79 Å². The lowest BCUT2D eigenvalue weighted by atomic mass is 9.82. The molecule has 2 aromatic rings. The molecule has 1 amide bonds. The van der Waals surface area contributed by atoms with E-state index >= 15 is 0 Å². The van der Waals surface area contributed by atoms with Crippen LogP contribution in [0.1, 0.15) is 47.4 Å². The summed E-state index contributed by atoms with van der Waals surface area (Å²) in [5.74, 6) is -0.950. The lowest BCUT2D eigenvalue weighted by molar-refractivity contribution is -0.134. The number of carbonyl (C=O) groups excluding carboxylic acids is 2. The maximum Gasteiger partial charge on any atom is 0.374 e. The molecular formula is C22H26N2O6S. The normalized spacial score (nSPS) is 19.6. The minimum atomic E-state index is -3.89. The van der Waals surface area contributed by atoms with Crippen LogP contribution in [0.15, 0.2) is 45.9 Å². The third-order valence-corrected chi connectivity index (χ3v) is 7.64. The number of ether oxygens (including phenoxy) is 1. The van der Waals surface area contributed by atoms with Gasteiger partial charge in [-0.1, -0.05) is 24.3 Å². The fraction of sp³-hybridized carbons (Fsp3) is 0.455. The van der Waals surface area contributed by atoms with Crippen molar-refractivity contribution >= 4 is 21.9 Å². The van der Waals surface area contributed by atoms with Gasteiger partial charge in [0.15, 0.2) is 0 Å². The molecule has 0 saturated carbocycles. The van der Waals surface area contributed by atoms with Gasteiger partial charge in [0.05, 0.1) is 12.5 Å². The van der Waals surface area contributed by atoms with Crippen molar-refractivity contribution in [3.05, 3.63) is 53.3 Å². The van der Waals surface area contributed by atoms with Crippen molar-refractivity contribution in [2.24, 2.45) is 0 Å². The molecule has 2 aliphatic rings. The van der Waals surface area contributed by atoms with E-state index in [1.165, 1.54) is 22.0 Å². The molecule has 0 N–H and O–H groups in total. The van der Waals surface area contributed by atoms with E-state index in [0.29, 0.717) is 13.1 Å². The summed E-state index contributed by atoms with van der Waals surface area (Å²) in [4.78, 5) is 26.7. The van der Waals surface area contributed by atoms with Crippen LogP contribution in [-0.2, 0) is 26.0 Å². The van der Waals surface area contributed by atoms with Crippen molar-refractivity contribution in [3.63, 3.8) is 0 Å². The number of furan rings is 1. The predicted molar refractivity (Wildman–Crippen MR) is 112 cm³/mol. The maximum absolute atomic E-state index is 13.2. The summed E-state index contributed by atoms with van der Waals surface area (Å²) in [6.07, 6.45) is 2.78. The van der Waals surface area contributed by atoms with Crippen LogP contribution < -0.4 is 0 Å². The summed E-state index contributed by atoms with van der Waals surface area (Å²) in [6, 6.07) is 10.6. The second-order valence-electron chi connectivity index (χ2n) is 7.71. The summed E-state index contributed by atoms with van der Waals surface area (Å²) in [7, 11) is -3.89. The zero-order valence-electron chi connectivity index (χ0n) is 17.5. The quantitative estimate of drug-likeness (QED) is 0.655. The monoisotopic (exact) mass is 446 g/mol. The highest BCUT2D eigenvalue weighted by molar-refractivity contribution is 7.89. The molecular weight excluding hydrogens is 420 g/mol. The van der Waals surface area contributed by atoms with Gasteiger partial charge in [0.2, 0.25) is 16.8 Å². The van der Waals surface area contributed by atoms with Crippen LogP contribution in [0.4, 0.5) is 0 Å². The highest BCUT2D eigenvalue weighted by atomic mass is 32.2. The van der Waals surface area contributed by atoms with E-state index in [4.69, 9.17) is 9.15 Å². The first-order chi connectivity index (χ1) is 14.9. The van der Waals surface area contributed by atoms with Crippen molar-refractivity contribution in [2.45, 2.75) is 37.2 Å². The SMILES string of the molecule is CCOC(=O)c1ccc(S(=O)(=O)N2CCN(C(=O)C3CCCc4ccccc43)CC2)o1. The topological polar surface area (TPSA) is 97.1 Å². The second-order valence-corrected chi connectivity index (χ2v) is 9.58. The predicted octanol–water partition coefficient (Wildman–Crippen LogP) is 2.41. The lowest BCUT2D eigenvalue weighted by Crippen LogP contribution is -2.51. The number of rotatable bonds is 5. The van der Waals surface area contributed by atoms with Crippen molar-refractivity contribution in [1.82, 2.24) is 9.21 Å². The number of sulfonamides is 1. The smallest absolute Gasteiger partial charge is 0.374 e. The van der Waals surface area contributed by atoms with Crippen LogP contribution in [0.5, 0.6) is 0 Å². The molecule has 1 fully saturated rings. The number of hydrogen-bond donors (Lipinski definition) is 0. The van der Waals surface area contributed by atoms with Gasteiger partial charge in [0.25, 0.3) is 10.0 Å². The highest BCUT2D eigenvalue weighted by Gasteiger charge is 2.36. The van der Waals surface area contributed by atoms with E-state index in [-0.39, 0.29) is 42.4 Å². The minimum Gasteiger partial charge on any atom is -0.460 e. The average molecular weight is 447 g/mol. The highest BCUT2D eigenvalue weighted by Crippen LogP contribution is 2.33. The van der Waals surface area contributed by atoms with Crippen LogP contribution in [0.3, 0.4) is 0 Å². The first-order valence-corrected chi connectivity index (χ1v) is 12.0. The Kier molecular flexibility index (Phi) is 6.15. The molecule has 4 rings (SSSR count). The molecule has 166 valence electrons. The third-order valence-electron chi connectivity index (χ3n) is 5.87. The fourth-order valence-corrected chi connectivity index (χ4v) is 5.61. The van der Waals surface area contributed by atoms with Crippen molar-refractivity contribution in [3.8, 4) is 0 Å². The summed E-state index contributed by atoms with van der Waals surface area (Å²) in [6.45, 7) is 2.83. The molecule has 0 spiro atoms. The summed E-state index contributed by atoms with van der Waals surface area (Å²) >= 11 is 0. The summed E-state index contributed by atoms with van der Waals surface area (Å²) in [5.41, 5.74) is 2.32. The number of hydrogen-bond acceptors (Lipinski definition) is 6. The number of amides is 1. The van der Waals surface area contributed by atoms with Crippen molar-refractivity contribution in [2.75, 3.05) is 32.8 Å². The van der Waals surface area contributed by atoms with E-state index in [1.807, 2.05) is 18.2 Å². The lowest BCUT2D eigenvalue weighted by Gasteiger charge is -2.36. The van der Waals surface area contributed by atoms with Crippen LogP contribution in [0.2, 0.25) is 0 Å². The van der Waals surface area contributed by atoms with Gasteiger partial charge in [0.1, 0.15) is 0 Å². The van der Waals surface area contributed by atoms with Crippen LogP contribution in [0, 0.1) is 0 Å². The van der Waals surface area contributed by atoms with Gasteiger partial charge < -0.3 is 14.1 Å². The van der Waals surface area contributed by atoms with Gasteiger partial charge in [-0.25, -0.2) is 13.2 Å². The van der Waals surface area contributed by atoms with Crippen LogP contribution in [0.25, 0.3) is 0 Å². The molecule has 1 aromatic heterocycles. The molecule has 1 unspecified atom stereocenters. The number of esters is 1. The number of aryl methyl sites for hydroxylation is 1. The molecule has 8 nitrogen and oxygen atoms in total. The number of piperazine rings is 1. The molecule has 0 radical (unpaired) electrons. The number of carbonyl (C=O) groups is 2. The first-order valence-electron chi connectivity index (χ1n) is 10.6. The van der Waals surface area contributed by atoms with E-state index < -0.39 is 16.0 Å². The zero-order chi connectivity index (χ0) is 22.0. The Morgan fingerprint density at radius 2 is 1.84 bits per heavy atom. The maximum atomic E-state index is 13.2. The largest absolute Gasteiger partial charge is 0.460 e. The van der Waals surface area contributed by atoms with Crippen molar-refractivity contribution < 1.29 is 27.2 Å². The molecule has 1 aliphatic heterocycles. The van der Waals surface area contributed by atoms with E-state index in [1.54, 1.807) is 11.8 Å². The van der Waals surface area contributed by atoms with Gasteiger partial charge in [-0.2, -0.15) is 4.31 Å². The van der Waals surface area contributed by atoms with E-state index in [0.717, 1.165) is 24.8 Å². The van der Waals surface area contributed by atoms with Crippen LogP contribution in [-0.4, -0.2) is 62.3 Å². The molecule has 2 heterocycles. The Labute approximate surface area is 181 Å². The van der Waals surface area contributed by atoms with E-state index in [9.17, 15) is 18.0 Å². The number of benzene rings is 1. The molecule has 31 heavy (non-hydrogen) atoms. The molecule has 1 atom stereocenters. The fourth-order valence-electron chi connectivity index (χ4n) is 4.28. The Hall–Kier alpha value is -2.65. The molecule has 0 bridgehead atoms. The van der Waals surface area contributed by atoms with Gasteiger partial charge in [-0.05, 0) is 49.4 Å². The van der Waals surface area contributed by atoms with Crippen molar-refractivity contribution in [1.29, 1.82) is 0 Å².